The molecule has 11 rings (SSSR count). The molecule has 3 heteroatoms. The van der Waals surface area contributed by atoms with Crippen molar-refractivity contribution in [1.82, 2.24) is 0 Å². The summed E-state index contributed by atoms with van der Waals surface area (Å²) in [5.41, 5.74) is 16.5. The maximum absolute atomic E-state index is 6.22. The summed E-state index contributed by atoms with van der Waals surface area (Å²) in [5, 5.41) is 4.69. The zero-order chi connectivity index (χ0) is 41.4. The Labute approximate surface area is 362 Å². The van der Waals surface area contributed by atoms with Gasteiger partial charge in [-0.3, -0.25) is 0 Å². The Balaban J connectivity index is 1.09. The van der Waals surface area contributed by atoms with Gasteiger partial charge in [-0.05, 0) is 111 Å². The molecule has 11 aromatic rings. The highest BCUT2D eigenvalue weighted by molar-refractivity contribution is 6.06. The van der Waals surface area contributed by atoms with Gasteiger partial charge in [-0.1, -0.05) is 170 Å². The fraction of sp³-hybridized carbons (Fsp3) is 0.0169. The van der Waals surface area contributed by atoms with Crippen LogP contribution in [0.15, 0.2) is 241 Å². The average molecular weight is 795 g/mol. The number of para-hydroxylation sites is 2. The van der Waals surface area contributed by atoms with Gasteiger partial charge in [-0.25, -0.2) is 0 Å². The molecule has 62 heavy (non-hydrogen) atoms. The van der Waals surface area contributed by atoms with Crippen LogP contribution in [-0.4, -0.2) is 7.05 Å². The number of furan rings is 1. The lowest BCUT2D eigenvalue weighted by atomic mass is 9.94. The Bertz CT molecular complexity index is 3360. The van der Waals surface area contributed by atoms with Crippen LogP contribution in [0.4, 0.5) is 28.4 Å². The minimum absolute atomic E-state index is 0.891. The molecule has 0 N–H and O–H groups in total. The molecule has 0 fully saturated rings. The van der Waals surface area contributed by atoms with Crippen molar-refractivity contribution < 1.29 is 4.42 Å². The van der Waals surface area contributed by atoms with Crippen LogP contribution in [0.2, 0.25) is 0 Å². The lowest BCUT2D eigenvalue weighted by Gasteiger charge is -2.30. The van der Waals surface area contributed by atoms with Crippen LogP contribution in [0, 0.1) is 0 Å². The Morgan fingerprint density at radius 3 is 1.68 bits per heavy atom. The molecule has 0 aliphatic carbocycles. The predicted molar refractivity (Wildman–Crippen MR) is 262 cm³/mol. The van der Waals surface area contributed by atoms with Gasteiger partial charge in [0.1, 0.15) is 11.2 Å². The van der Waals surface area contributed by atoms with E-state index in [1.165, 1.54) is 27.5 Å². The second-order valence-corrected chi connectivity index (χ2v) is 15.8. The second-order valence-electron chi connectivity index (χ2n) is 15.8. The summed E-state index contributed by atoms with van der Waals surface area (Å²) in [6, 6.07) is 84.9. The smallest absolute Gasteiger partial charge is 0.135 e. The van der Waals surface area contributed by atoms with Gasteiger partial charge in [0, 0.05) is 51.7 Å². The van der Waals surface area contributed by atoms with Crippen LogP contribution in [0.25, 0.3) is 77.2 Å². The molecule has 3 nitrogen and oxygen atoms in total. The third-order valence-corrected chi connectivity index (χ3v) is 12.1. The lowest BCUT2D eigenvalue weighted by Crippen LogP contribution is -2.13. The number of hydrogen-bond donors (Lipinski definition) is 0. The first-order valence-corrected chi connectivity index (χ1v) is 21.1. The van der Waals surface area contributed by atoms with Crippen LogP contribution in [-0.2, 0) is 0 Å². The Morgan fingerprint density at radius 2 is 0.871 bits per heavy atom. The fourth-order valence-corrected chi connectivity index (χ4v) is 8.97. The maximum Gasteiger partial charge on any atom is 0.135 e. The highest BCUT2D eigenvalue weighted by Crippen LogP contribution is 2.45. The van der Waals surface area contributed by atoms with E-state index >= 15 is 0 Å². The van der Waals surface area contributed by atoms with Crippen LogP contribution in [0.5, 0.6) is 0 Å². The van der Waals surface area contributed by atoms with Gasteiger partial charge in [-0.15, -0.1) is 0 Å². The maximum atomic E-state index is 6.22. The highest BCUT2D eigenvalue weighted by Gasteiger charge is 2.21. The monoisotopic (exact) mass is 794 g/mol. The summed E-state index contributed by atoms with van der Waals surface area (Å²) < 4.78 is 6.22. The van der Waals surface area contributed by atoms with Gasteiger partial charge in [0.25, 0.3) is 0 Å². The van der Waals surface area contributed by atoms with E-state index in [1.807, 2.05) is 12.1 Å². The molecule has 0 amide bonds. The van der Waals surface area contributed by atoms with Crippen molar-refractivity contribution in [1.29, 1.82) is 0 Å². The summed E-state index contributed by atoms with van der Waals surface area (Å²) >= 11 is 0. The Kier molecular flexibility index (Phi) is 9.40. The molecule has 0 atom stereocenters. The molecule has 0 aliphatic heterocycles. The van der Waals surface area contributed by atoms with E-state index in [-0.39, 0.29) is 0 Å². The number of benzene rings is 10. The minimum atomic E-state index is 0.891. The summed E-state index contributed by atoms with van der Waals surface area (Å²) in [6.07, 6.45) is 0. The summed E-state index contributed by atoms with van der Waals surface area (Å²) in [7, 11) is 2.15. The van der Waals surface area contributed by atoms with Gasteiger partial charge >= 0.3 is 0 Å². The number of fused-ring (bicyclic) bond motifs is 4. The molecule has 10 aromatic carbocycles. The number of anilines is 5. The topological polar surface area (TPSA) is 19.6 Å². The largest absolute Gasteiger partial charge is 0.456 e. The first-order valence-electron chi connectivity index (χ1n) is 21.1. The fourth-order valence-electron chi connectivity index (χ4n) is 8.97. The van der Waals surface area contributed by atoms with Crippen LogP contribution in [0.3, 0.4) is 0 Å². The zero-order valence-electron chi connectivity index (χ0n) is 34.3. The third kappa shape index (κ3) is 6.76. The van der Waals surface area contributed by atoms with E-state index < -0.39 is 0 Å². The SMILES string of the molecule is CN(c1ccc(N(c2cccc(-c3ccc4oc5ccccc5c4c3)c2)c2cc(-c3cccc4ccccc34)ccc2-c2ccccc2)cc1)c1ccccc1-c1ccccc1. The Hall–Kier alpha value is -8.14. The highest BCUT2D eigenvalue weighted by atomic mass is 16.3. The quantitative estimate of drug-likeness (QED) is 0.145. The minimum Gasteiger partial charge on any atom is -0.456 e. The van der Waals surface area contributed by atoms with E-state index in [9.17, 15) is 0 Å². The molecule has 1 heterocycles. The lowest BCUT2D eigenvalue weighted by molar-refractivity contribution is 0.669. The molecule has 0 aliphatic rings. The normalized spacial score (nSPS) is 11.3. The van der Waals surface area contributed by atoms with E-state index in [1.54, 1.807) is 0 Å². The van der Waals surface area contributed by atoms with E-state index in [0.29, 0.717) is 0 Å². The summed E-state index contributed by atoms with van der Waals surface area (Å²) in [4.78, 5) is 4.71. The van der Waals surface area contributed by atoms with Gasteiger partial charge < -0.3 is 14.2 Å². The van der Waals surface area contributed by atoms with Crippen molar-refractivity contribution in [3.63, 3.8) is 0 Å². The molecule has 0 unspecified atom stereocenters. The average Bonchev–Trinajstić information content (AvgIpc) is 3.73. The van der Waals surface area contributed by atoms with Gasteiger partial charge in [0.2, 0.25) is 0 Å². The van der Waals surface area contributed by atoms with Crippen molar-refractivity contribution in [3.8, 4) is 44.5 Å². The number of nitrogens with zero attached hydrogens (tertiary/aromatic N) is 2. The van der Waals surface area contributed by atoms with Crippen LogP contribution < -0.4 is 9.80 Å². The predicted octanol–water partition coefficient (Wildman–Crippen LogP) is 16.6. The molecule has 0 spiro atoms. The van der Waals surface area contributed by atoms with Crippen molar-refractivity contribution in [2.75, 3.05) is 16.8 Å². The van der Waals surface area contributed by atoms with Crippen molar-refractivity contribution in [3.05, 3.63) is 237 Å². The molecule has 0 saturated carbocycles. The standard InChI is InChI=1S/C59H42N2O/c1-60(56-28-12-10-25-52(56)42-16-4-2-5-17-42)47-32-34-48(35-33-47)61(49-23-14-22-44(38-49)45-31-37-59-55(39-45)54-26-11-13-29-58(54)62-59)57-40-46(30-36-53(57)43-18-6-3-7-19-43)51-27-15-21-41-20-8-9-24-50(41)51/h2-40H,1H3. The second kappa shape index (κ2) is 15.8. The molecular weight excluding hydrogens is 753 g/mol. The van der Waals surface area contributed by atoms with E-state index in [4.69, 9.17) is 4.42 Å². The van der Waals surface area contributed by atoms with E-state index in [2.05, 4.69) is 241 Å². The van der Waals surface area contributed by atoms with Crippen molar-refractivity contribution >= 4 is 61.1 Å². The first-order chi connectivity index (χ1) is 30.7. The van der Waals surface area contributed by atoms with Crippen LogP contribution >= 0.6 is 0 Å². The third-order valence-electron chi connectivity index (χ3n) is 12.1. The van der Waals surface area contributed by atoms with Gasteiger partial charge in [-0.2, -0.15) is 0 Å². The first kappa shape index (κ1) is 36.9. The van der Waals surface area contributed by atoms with Gasteiger partial charge in [0.15, 0.2) is 0 Å². The number of rotatable bonds is 9. The summed E-state index contributed by atoms with van der Waals surface area (Å²) in [6.45, 7) is 0. The summed E-state index contributed by atoms with van der Waals surface area (Å²) in [5.74, 6) is 0. The Morgan fingerprint density at radius 1 is 0.306 bits per heavy atom. The molecule has 0 radical (unpaired) electrons. The van der Waals surface area contributed by atoms with Gasteiger partial charge in [0.05, 0.1) is 5.69 Å². The van der Waals surface area contributed by atoms with E-state index in [0.717, 1.165) is 78.2 Å². The molecular formula is C59H42N2O. The molecule has 294 valence electrons. The molecule has 1 aromatic heterocycles. The molecule has 0 bridgehead atoms. The number of hydrogen-bond acceptors (Lipinski definition) is 3. The molecule has 0 saturated heterocycles. The van der Waals surface area contributed by atoms with Crippen molar-refractivity contribution in [2.45, 2.75) is 0 Å². The van der Waals surface area contributed by atoms with Crippen molar-refractivity contribution in [2.24, 2.45) is 0 Å². The zero-order valence-corrected chi connectivity index (χ0v) is 34.3. The van der Waals surface area contributed by atoms with Crippen LogP contribution in [0.1, 0.15) is 0 Å².